The van der Waals surface area contributed by atoms with Crippen molar-refractivity contribution in [3.63, 3.8) is 0 Å². The van der Waals surface area contributed by atoms with Crippen LogP contribution in [0.3, 0.4) is 0 Å². The highest BCUT2D eigenvalue weighted by atomic mass is 16.7. The second-order valence-electron chi connectivity index (χ2n) is 2.65. The summed E-state index contributed by atoms with van der Waals surface area (Å²) in [6, 6.07) is 0. The zero-order chi connectivity index (χ0) is 8.01. The molecule has 5 nitrogen and oxygen atoms in total. The van der Waals surface area contributed by atoms with E-state index >= 15 is 0 Å². The predicted molar refractivity (Wildman–Crippen MR) is 32.4 cm³/mol. The molecule has 1 N–H and O–H groups in total. The number of hydrogen-bond donors (Lipinski definition) is 1. The minimum Gasteiger partial charge on any atom is -0.430 e. The smallest absolute Gasteiger partial charge is 0.430 e. The summed E-state index contributed by atoms with van der Waals surface area (Å²) in [5.74, 6) is -0.428. The molecule has 2 aliphatic heterocycles. The highest BCUT2D eigenvalue weighted by Gasteiger charge is 2.50. The highest BCUT2D eigenvalue weighted by Crippen LogP contribution is 2.27. The lowest BCUT2D eigenvalue weighted by atomic mass is 9.93. The first-order chi connectivity index (χ1) is 5.18. The van der Waals surface area contributed by atoms with E-state index < -0.39 is 12.4 Å². The summed E-state index contributed by atoms with van der Waals surface area (Å²) < 4.78 is 9.30. The van der Waals surface area contributed by atoms with Gasteiger partial charge in [-0.25, -0.2) is 4.79 Å². The van der Waals surface area contributed by atoms with Crippen LogP contribution in [0.4, 0.5) is 4.79 Å². The van der Waals surface area contributed by atoms with Gasteiger partial charge in [0.05, 0.1) is 0 Å². The van der Waals surface area contributed by atoms with E-state index in [4.69, 9.17) is 0 Å². The van der Waals surface area contributed by atoms with Crippen LogP contribution in [-0.2, 0) is 14.3 Å². The quantitative estimate of drug-likeness (QED) is 0.384. The van der Waals surface area contributed by atoms with Gasteiger partial charge < -0.3 is 14.8 Å². The Balaban J connectivity index is 2.13. The van der Waals surface area contributed by atoms with E-state index in [9.17, 15) is 9.59 Å². The molecule has 2 saturated heterocycles. The fraction of sp³-hybridized carbons (Fsp3) is 0.667. The molecule has 11 heavy (non-hydrogen) atoms. The molecular formula is C6H7NO4. The molecule has 0 bridgehead atoms. The highest BCUT2D eigenvalue weighted by molar-refractivity contribution is 5.87. The Morgan fingerprint density at radius 2 is 2.09 bits per heavy atom. The van der Waals surface area contributed by atoms with Crippen molar-refractivity contribution in [1.29, 1.82) is 0 Å². The number of hydrogen-bond acceptors (Lipinski definition) is 4. The van der Waals surface area contributed by atoms with E-state index in [-0.39, 0.29) is 17.9 Å². The molecule has 0 radical (unpaired) electrons. The Hall–Kier alpha value is -1.26. The van der Waals surface area contributed by atoms with Crippen LogP contribution in [0.25, 0.3) is 0 Å². The molecule has 0 spiro atoms. The first kappa shape index (κ1) is 6.45. The van der Waals surface area contributed by atoms with Crippen LogP contribution in [0.5, 0.6) is 0 Å². The fourth-order valence-electron chi connectivity index (χ4n) is 1.29. The third-order valence-electron chi connectivity index (χ3n) is 1.92. The fourth-order valence-corrected chi connectivity index (χ4v) is 1.29. The van der Waals surface area contributed by atoms with E-state index in [1.165, 1.54) is 0 Å². The van der Waals surface area contributed by atoms with Gasteiger partial charge in [-0.3, -0.25) is 4.79 Å². The number of rotatable bonds is 0. The predicted octanol–water partition coefficient (Wildman–Crippen LogP) is -0.386. The maximum atomic E-state index is 10.8. The second kappa shape index (κ2) is 1.87. The lowest BCUT2D eigenvalue weighted by molar-refractivity contribution is -0.174. The Bertz CT molecular complexity index is 215. The zero-order valence-electron chi connectivity index (χ0n) is 5.87. The topological polar surface area (TPSA) is 64.6 Å². The number of ether oxygens (including phenoxy) is 2. The lowest BCUT2D eigenvalue weighted by Crippen LogP contribution is -2.66. The van der Waals surface area contributed by atoms with Crippen molar-refractivity contribution < 1.29 is 19.1 Å². The molecule has 1 amide bonds. The number of carbonyl (C=O) groups excluding carboxylic acids is 2. The van der Waals surface area contributed by atoms with Crippen LogP contribution in [-0.4, -0.2) is 24.4 Å². The molecule has 0 aromatic carbocycles. The van der Waals surface area contributed by atoms with Crippen molar-refractivity contribution in [2.45, 2.75) is 19.3 Å². The van der Waals surface area contributed by atoms with Gasteiger partial charge in [0.1, 0.15) is 12.0 Å². The molecule has 0 aliphatic carbocycles. The normalized spacial score (nSPS) is 41.0. The third kappa shape index (κ3) is 0.768. The summed E-state index contributed by atoms with van der Waals surface area (Å²) >= 11 is 0. The lowest BCUT2D eigenvalue weighted by Gasteiger charge is -2.41. The number of cyclic esters (lactones) is 1. The zero-order valence-corrected chi connectivity index (χ0v) is 5.87. The van der Waals surface area contributed by atoms with Crippen molar-refractivity contribution in [3.8, 4) is 0 Å². The van der Waals surface area contributed by atoms with Gasteiger partial charge >= 0.3 is 6.16 Å². The Morgan fingerprint density at radius 1 is 1.36 bits per heavy atom. The first-order valence-corrected chi connectivity index (χ1v) is 3.36. The molecule has 5 heteroatoms. The Labute approximate surface area is 62.7 Å². The van der Waals surface area contributed by atoms with Crippen molar-refractivity contribution in [1.82, 2.24) is 5.32 Å². The number of β-lactam (4-membered cyclic amide) rings is 1. The van der Waals surface area contributed by atoms with E-state index in [1.807, 2.05) is 0 Å². The number of amides is 1. The molecule has 2 rings (SSSR count). The van der Waals surface area contributed by atoms with E-state index in [1.54, 1.807) is 6.92 Å². The van der Waals surface area contributed by atoms with Gasteiger partial charge in [-0.1, -0.05) is 0 Å². The van der Waals surface area contributed by atoms with Crippen LogP contribution < -0.4 is 5.32 Å². The van der Waals surface area contributed by atoms with Gasteiger partial charge in [0.2, 0.25) is 5.91 Å². The molecule has 3 atom stereocenters. The molecule has 2 fully saturated rings. The maximum absolute atomic E-state index is 10.8. The number of carbonyl (C=O) groups is 2. The number of nitrogens with one attached hydrogen (secondary N) is 1. The largest absolute Gasteiger partial charge is 0.510 e. The molecule has 0 aromatic rings. The molecule has 0 unspecified atom stereocenters. The monoisotopic (exact) mass is 157 g/mol. The molecule has 60 valence electrons. The van der Waals surface area contributed by atoms with Gasteiger partial charge in [-0.15, -0.1) is 0 Å². The molecule has 2 heterocycles. The van der Waals surface area contributed by atoms with E-state index in [0.29, 0.717) is 0 Å². The third-order valence-corrected chi connectivity index (χ3v) is 1.92. The molecular weight excluding hydrogens is 150 g/mol. The van der Waals surface area contributed by atoms with Gasteiger partial charge in [-0.05, 0) is 6.92 Å². The average molecular weight is 157 g/mol. The van der Waals surface area contributed by atoms with Gasteiger partial charge in [0.25, 0.3) is 0 Å². The minimum atomic E-state index is -0.709. The van der Waals surface area contributed by atoms with Crippen LogP contribution in [0.1, 0.15) is 6.92 Å². The summed E-state index contributed by atoms with van der Waals surface area (Å²) in [5, 5.41) is 2.44. The molecule has 0 aromatic heterocycles. The summed E-state index contributed by atoms with van der Waals surface area (Å²) in [7, 11) is 0. The second-order valence-corrected chi connectivity index (χ2v) is 2.65. The van der Waals surface area contributed by atoms with E-state index in [0.717, 1.165) is 0 Å². The maximum Gasteiger partial charge on any atom is 0.510 e. The van der Waals surface area contributed by atoms with Crippen LogP contribution >= 0.6 is 0 Å². The molecule has 0 saturated carbocycles. The van der Waals surface area contributed by atoms with Crippen LogP contribution in [0.15, 0.2) is 0 Å². The van der Waals surface area contributed by atoms with E-state index in [2.05, 4.69) is 14.8 Å². The van der Waals surface area contributed by atoms with Crippen molar-refractivity contribution >= 4 is 12.1 Å². The molecule has 2 aliphatic rings. The van der Waals surface area contributed by atoms with Gasteiger partial charge in [0.15, 0.2) is 6.23 Å². The van der Waals surface area contributed by atoms with Crippen molar-refractivity contribution in [2.24, 2.45) is 5.92 Å². The Kier molecular flexibility index (Phi) is 1.10. The minimum absolute atomic E-state index is 0.116. The Morgan fingerprint density at radius 3 is 2.64 bits per heavy atom. The average Bonchev–Trinajstić information content (AvgIpc) is 1.83. The number of fused-ring (bicyclic) bond motifs is 1. The van der Waals surface area contributed by atoms with Crippen LogP contribution in [0.2, 0.25) is 0 Å². The first-order valence-electron chi connectivity index (χ1n) is 3.36. The van der Waals surface area contributed by atoms with Crippen molar-refractivity contribution in [3.05, 3.63) is 0 Å². The van der Waals surface area contributed by atoms with Crippen LogP contribution in [0, 0.1) is 5.92 Å². The summed E-state index contributed by atoms with van der Waals surface area (Å²) in [6.45, 7) is 1.68. The summed E-state index contributed by atoms with van der Waals surface area (Å²) in [6.07, 6.45) is -1.53. The standard InChI is InChI=1S/C6H7NO4/c1-2-3-4(8)7-5(3)11-6(9)10-2/h2-3,5H,1H3,(H,7,8)/t2-,3+,5+/m1/s1. The van der Waals surface area contributed by atoms with Gasteiger partial charge in [0, 0.05) is 0 Å². The van der Waals surface area contributed by atoms with Gasteiger partial charge in [-0.2, -0.15) is 0 Å². The summed E-state index contributed by atoms with van der Waals surface area (Å²) in [5.41, 5.74) is 0. The summed E-state index contributed by atoms with van der Waals surface area (Å²) in [4.78, 5) is 21.4. The SMILES string of the molecule is C[C@H]1OC(=O)O[C@@H]2NC(=O)[C@H]12. The van der Waals surface area contributed by atoms with Crippen molar-refractivity contribution in [2.75, 3.05) is 0 Å².